The van der Waals surface area contributed by atoms with Crippen LogP contribution in [0.3, 0.4) is 0 Å². The molecule has 2 aromatic heterocycles. The molecular weight excluding hydrogens is 246 g/mol. The van der Waals surface area contributed by atoms with Gasteiger partial charge in [0.2, 0.25) is 0 Å². The molecule has 18 heavy (non-hydrogen) atoms. The average molecular weight is 262 g/mol. The Kier molecular flexibility index (Phi) is 3.62. The smallest absolute Gasteiger partial charge is 0.159 e. The zero-order chi connectivity index (χ0) is 13.3. The van der Waals surface area contributed by atoms with E-state index in [-0.39, 0.29) is 5.38 Å². The monoisotopic (exact) mass is 261 g/mol. The first-order chi connectivity index (χ1) is 8.47. The first-order valence-corrected chi connectivity index (χ1v) is 6.34. The molecule has 0 bridgehead atoms. The number of aryl methyl sites for hydroxylation is 3. The number of nitrogens with zero attached hydrogens (tertiary/aromatic N) is 3. The molecule has 2 rings (SSSR count). The highest BCUT2D eigenvalue weighted by atomic mass is 35.5. The molecule has 0 N–H and O–H groups in total. The third-order valence-electron chi connectivity index (χ3n) is 2.79. The number of aromatic nitrogens is 3. The highest BCUT2D eigenvalue weighted by Crippen LogP contribution is 2.24. The molecule has 4 heteroatoms. The van der Waals surface area contributed by atoms with Gasteiger partial charge in [0.25, 0.3) is 0 Å². The standard InChI is InChI=1S/C14H16ClN3/c1-8-5-12(6-9(2)17-8)14-16-7-13(10(3)15)11(4)18-14/h5-7,10H,1-4H3. The van der Waals surface area contributed by atoms with Gasteiger partial charge in [-0.3, -0.25) is 4.98 Å². The van der Waals surface area contributed by atoms with Gasteiger partial charge < -0.3 is 0 Å². The zero-order valence-corrected chi connectivity index (χ0v) is 11.8. The van der Waals surface area contributed by atoms with Gasteiger partial charge in [-0.05, 0) is 39.8 Å². The SMILES string of the molecule is Cc1cc(-c2ncc(C(C)Cl)c(C)n2)cc(C)n1. The van der Waals surface area contributed by atoms with Gasteiger partial charge in [-0.15, -0.1) is 11.6 Å². The van der Waals surface area contributed by atoms with Crippen molar-refractivity contribution in [2.75, 3.05) is 0 Å². The molecule has 2 heterocycles. The van der Waals surface area contributed by atoms with Crippen LogP contribution in [0.2, 0.25) is 0 Å². The predicted molar refractivity (Wildman–Crippen MR) is 73.7 cm³/mol. The minimum Gasteiger partial charge on any atom is -0.258 e. The number of hydrogen-bond donors (Lipinski definition) is 0. The molecular formula is C14H16ClN3. The lowest BCUT2D eigenvalue weighted by atomic mass is 10.1. The highest BCUT2D eigenvalue weighted by Gasteiger charge is 2.10. The summed E-state index contributed by atoms with van der Waals surface area (Å²) in [6.45, 7) is 7.82. The van der Waals surface area contributed by atoms with Gasteiger partial charge in [-0.1, -0.05) is 0 Å². The van der Waals surface area contributed by atoms with Gasteiger partial charge in [0.1, 0.15) is 0 Å². The Morgan fingerprint density at radius 3 is 2.17 bits per heavy atom. The second kappa shape index (κ2) is 5.02. The number of pyridine rings is 1. The predicted octanol–water partition coefficient (Wildman–Crippen LogP) is 3.76. The molecule has 0 radical (unpaired) electrons. The summed E-state index contributed by atoms with van der Waals surface area (Å²) < 4.78 is 0. The summed E-state index contributed by atoms with van der Waals surface area (Å²) in [5.41, 5.74) is 4.84. The van der Waals surface area contributed by atoms with Crippen molar-refractivity contribution in [2.24, 2.45) is 0 Å². The van der Waals surface area contributed by atoms with E-state index < -0.39 is 0 Å². The van der Waals surface area contributed by atoms with Crippen LogP contribution >= 0.6 is 11.6 Å². The summed E-state index contributed by atoms with van der Waals surface area (Å²) in [5, 5.41) is -0.0695. The molecule has 0 aliphatic rings. The number of hydrogen-bond acceptors (Lipinski definition) is 3. The molecule has 0 saturated carbocycles. The summed E-state index contributed by atoms with van der Waals surface area (Å²) in [6.07, 6.45) is 1.81. The molecule has 2 aromatic rings. The Morgan fingerprint density at radius 2 is 1.67 bits per heavy atom. The topological polar surface area (TPSA) is 38.7 Å². The Labute approximate surface area is 112 Å². The summed E-state index contributed by atoms with van der Waals surface area (Å²) in [5.74, 6) is 0.724. The molecule has 0 aliphatic carbocycles. The molecule has 0 aromatic carbocycles. The molecule has 94 valence electrons. The molecule has 0 spiro atoms. The average Bonchev–Trinajstić information content (AvgIpc) is 2.26. The second-order valence-electron chi connectivity index (χ2n) is 4.49. The lowest BCUT2D eigenvalue weighted by Gasteiger charge is -2.09. The fraction of sp³-hybridized carbons (Fsp3) is 0.357. The van der Waals surface area contributed by atoms with Crippen LogP contribution in [0.5, 0.6) is 0 Å². The Hall–Kier alpha value is -1.48. The first kappa shape index (κ1) is 13.0. The van der Waals surface area contributed by atoms with Crippen LogP contribution in [0, 0.1) is 20.8 Å². The van der Waals surface area contributed by atoms with Gasteiger partial charge >= 0.3 is 0 Å². The maximum Gasteiger partial charge on any atom is 0.159 e. The van der Waals surface area contributed by atoms with Crippen LogP contribution in [0.1, 0.15) is 34.9 Å². The largest absolute Gasteiger partial charge is 0.258 e. The summed E-state index contributed by atoms with van der Waals surface area (Å²) in [4.78, 5) is 13.3. The van der Waals surface area contributed by atoms with Crippen LogP contribution in [-0.4, -0.2) is 15.0 Å². The minimum atomic E-state index is -0.0695. The second-order valence-corrected chi connectivity index (χ2v) is 5.14. The van der Waals surface area contributed by atoms with E-state index in [4.69, 9.17) is 11.6 Å². The van der Waals surface area contributed by atoms with Gasteiger partial charge in [0.05, 0.1) is 5.38 Å². The summed E-state index contributed by atoms with van der Waals surface area (Å²) in [6, 6.07) is 3.98. The van der Waals surface area contributed by atoms with Crippen molar-refractivity contribution in [3.63, 3.8) is 0 Å². The summed E-state index contributed by atoms with van der Waals surface area (Å²) >= 11 is 6.07. The van der Waals surface area contributed by atoms with Crippen LogP contribution in [0.4, 0.5) is 0 Å². The van der Waals surface area contributed by atoms with Crippen molar-refractivity contribution in [1.82, 2.24) is 15.0 Å². The van der Waals surface area contributed by atoms with Gasteiger partial charge in [-0.2, -0.15) is 0 Å². The Balaban J connectivity index is 2.48. The van der Waals surface area contributed by atoms with Crippen molar-refractivity contribution < 1.29 is 0 Å². The van der Waals surface area contributed by atoms with Crippen molar-refractivity contribution in [1.29, 1.82) is 0 Å². The zero-order valence-electron chi connectivity index (χ0n) is 11.0. The number of halogens is 1. The van der Waals surface area contributed by atoms with Crippen LogP contribution in [0.25, 0.3) is 11.4 Å². The summed E-state index contributed by atoms with van der Waals surface area (Å²) in [7, 11) is 0. The molecule has 1 atom stereocenters. The van der Waals surface area contributed by atoms with Crippen molar-refractivity contribution in [2.45, 2.75) is 33.1 Å². The first-order valence-electron chi connectivity index (χ1n) is 5.90. The molecule has 0 amide bonds. The van der Waals surface area contributed by atoms with E-state index in [1.807, 2.05) is 39.8 Å². The third-order valence-corrected chi connectivity index (χ3v) is 3.02. The van der Waals surface area contributed by atoms with Gasteiger partial charge in [0, 0.05) is 34.4 Å². The fourth-order valence-electron chi connectivity index (χ4n) is 1.97. The van der Waals surface area contributed by atoms with E-state index in [0.29, 0.717) is 0 Å². The maximum absolute atomic E-state index is 6.07. The van der Waals surface area contributed by atoms with Crippen LogP contribution in [0.15, 0.2) is 18.3 Å². The maximum atomic E-state index is 6.07. The number of alkyl halides is 1. The van der Waals surface area contributed by atoms with Crippen molar-refractivity contribution >= 4 is 11.6 Å². The van der Waals surface area contributed by atoms with Crippen LogP contribution < -0.4 is 0 Å². The van der Waals surface area contributed by atoms with Gasteiger partial charge in [-0.25, -0.2) is 9.97 Å². The van der Waals surface area contributed by atoms with E-state index in [2.05, 4.69) is 15.0 Å². The van der Waals surface area contributed by atoms with Crippen LogP contribution in [-0.2, 0) is 0 Å². The lowest BCUT2D eigenvalue weighted by Crippen LogP contribution is -1.99. The minimum absolute atomic E-state index is 0.0695. The van der Waals surface area contributed by atoms with E-state index >= 15 is 0 Å². The molecule has 0 saturated heterocycles. The van der Waals surface area contributed by atoms with Gasteiger partial charge in [0.15, 0.2) is 5.82 Å². The fourth-order valence-corrected chi connectivity index (χ4v) is 2.18. The molecule has 0 fully saturated rings. The van der Waals surface area contributed by atoms with E-state index in [1.54, 1.807) is 6.20 Å². The van der Waals surface area contributed by atoms with E-state index in [9.17, 15) is 0 Å². The normalized spacial score (nSPS) is 12.5. The van der Waals surface area contributed by atoms with Crippen molar-refractivity contribution in [3.05, 3.63) is 41.0 Å². The van der Waals surface area contributed by atoms with Crippen molar-refractivity contribution in [3.8, 4) is 11.4 Å². The molecule has 1 unspecified atom stereocenters. The van der Waals surface area contributed by atoms with E-state index in [0.717, 1.165) is 34.0 Å². The molecule has 0 aliphatic heterocycles. The quantitative estimate of drug-likeness (QED) is 0.773. The number of rotatable bonds is 2. The Bertz CT molecular complexity index is 559. The third kappa shape index (κ3) is 2.67. The molecule has 3 nitrogen and oxygen atoms in total. The lowest BCUT2D eigenvalue weighted by molar-refractivity contribution is 0.974. The highest BCUT2D eigenvalue weighted by molar-refractivity contribution is 6.20. The van der Waals surface area contributed by atoms with E-state index in [1.165, 1.54) is 0 Å². The Morgan fingerprint density at radius 1 is 1.06 bits per heavy atom.